The minimum absolute atomic E-state index is 0.225. The second-order valence-corrected chi connectivity index (χ2v) is 7.16. The van der Waals surface area contributed by atoms with Gasteiger partial charge in [-0.2, -0.15) is 0 Å². The zero-order chi connectivity index (χ0) is 17.9. The molecule has 4 rings (SSSR count). The molecule has 2 aromatic rings. The summed E-state index contributed by atoms with van der Waals surface area (Å²) in [5.41, 5.74) is 3.49. The van der Waals surface area contributed by atoms with Gasteiger partial charge in [-0.3, -0.25) is 0 Å². The van der Waals surface area contributed by atoms with Gasteiger partial charge in [0.1, 0.15) is 0 Å². The van der Waals surface area contributed by atoms with Crippen molar-refractivity contribution >= 4 is 17.3 Å². The van der Waals surface area contributed by atoms with Crippen LogP contribution in [0.15, 0.2) is 36.5 Å². The molecule has 0 atom stereocenters. The maximum Gasteiger partial charge on any atom is 0.225 e. The number of anilines is 3. The number of aliphatic hydroxyl groups excluding tert-OH is 1. The fraction of sp³-hybridized carbons (Fsp3) is 0.500. The molecule has 0 bridgehead atoms. The molecule has 2 aliphatic heterocycles. The third-order valence-corrected chi connectivity index (χ3v) is 5.59. The molecule has 138 valence electrons. The van der Waals surface area contributed by atoms with E-state index < -0.39 is 0 Å². The lowest BCUT2D eigenvalue weighted by Crippen LogP contribution is -2.44. The second kappa shape index (κ2) is 7.60. The largest absolute Gasteiger partial charge is 0.395 e. The third kappa shape index (κ3) is 3.39. The van der Waals surface area contributed by atoms with Crippen molar-refractivity contribution in [2.75, 3.05) is 49.6 Å². The molecule has 1 aromatic carbocycles. The van der Waals surface area contributed by atoms with E-state index in [1.54, 1.807) is 0 Å². The highest BCUT2D eigenvalue weighted by Gasteiger charge is 2.27. The summed E-state index contributed by atoms with van der Waals surface area (Å²) in [4.78, 5) is 16.4. The number of piperidine rings is 1. The Bertz CT molecular complexity index is 730. The number of nitrogens with zero attached hydrogens (tertiary/aromatic N) is 5. The number of aliphatic hydroxyl groups is 1. The second-order valence-electron chi connectivity index (χ2n) is 7.16. The van der Waals surface area contributed by atoms with Crippen molar-refractivity contribution in [3.63, 3.8) is 0 Å². The van der Waals surface area contributed by atoms with Gasteiger partial charge >= 0.3 is 0 Å². The number of hydrogen-bond donors (Lipinski definition) is 1. The third-order valence-electron chi connectivity index (χ3n) is 5.59. The zero-order valence-electron chi connectivity index (χ0n) is 15.4. The first-order valence-corrected chi connectivity index (χ1v) is 9.51. The number of aromatic nitrogens is 2. The normalized spacial score (nSPS) is 17.8. The van der Waals surface area contributed by atoms with Crippen LogP contribution in [-0.4, -0.2) is 65.8 Å². The molecule has 2 aliphatic rings. The fourth-order valence-corrected chi connectivity index (χ4v) is 4.02. The quantitative estimate of drug-likeness (QED) is 0.888. The van der Waals surface area contributed by atoms with Gasteiger partial charge in [-0.15, -0.1) is 0 Å². The van der Waals surface area contributed by atoms with E-state index >= 15 is 0 Å². The molecule has 6 nitrogen and oxygen atoms in total. The summed E-state index contributed by atoms with van der Waals surface area (Å²) in [5, 5.41) is 9.11. The van der Waals surface area contributed by atoms with Crippen molar-refractivity contribution in [2.45, 2.75) is 25.3 Å². The van der Waals surface area contributed by atoms with E-state index in [1.807, 2.05) is 12.3 Å². The van der Waals surface area contributed by atoms with Gasteiger partial charge in [-0.05, 0) is 32.0 Å². The lowest BCUT2D eigenvalue weighted by atomic mass is 10.0. The molecular formula is C20H27N5O. The molecule has 0 unspecified atom stereocenters. The maximum absolute atomic E-state index is 9.11. The van der Waals surface area contributed by atoms with Crippen LogP contribution in [0, 0.1) is 0 Å². The first-order valence-electron chi connectivity index (χ1n) is 9.51. The Morgan fingerprint density at radius 1 is 1.15 bits per heavy atom. The van der Waals surface area contributed by atoms with Crippen molar-refractivity contribution in [3.05, 3.63) is 42.2 Å². The molecule has 1 aromatic heterocycles. The van der Waals surface area contributed by atoms with E-state index in [-0.39, 0.29) is 6.61 Å². The smallest absolute Gasteiger partial charge is 0.225 e. The summed E-state index contributed by atoms with van der Waals surface area (Å²) in [6, 6.07) is 11.0. The van der Waals surface area contributed by atoms with E-state index in [4.69, 9.17) is 10.1 Å². The first-order chi connectivity index (χ1) is 12.8. The van der Waals surface area contributed by atoms with Gasteiger partial charge in [-0.25, -0.2) is 9.97 Å². The van der Waals surface area contributed by atoms with E-state index in [0.29, 0.717) is 6.04 Å². The average molecular weight is 353 g/mol. The summed E-state index contributed by atoms with van der Waals surface area (Å²) in [6.45, 7) is 3.88. The molecule has 0 saturated carbocycles. The Hall–Kier alpha value is -2.18. The first kappa shape index (κ1) is 17.2. The fourth-order valence-electron chi connectivity index (χ4n) is 4.02. The molecule has 1 fully saturated rings. The van der Waals surface area contributed by atoms with Gasteiger partial charge in [0.05, 0.1) is 24.2 Å². The molecule has 1 saturated heterocycles. The predicted molar refractivity (Wildman–Crippen MR) is 104 cm³/mol. The van der Waals surface area contributed by atoms with E-state index in [2.05, 4.69) is 51.0 Å². The van der Waals surface area contributed by atoms with Crippen molar-refractivity contribution in [2.24, 2.45) is 0 Å². The highest BCUT2D eigenvalue weighted by atomic mass is 16.3. The topological polar surface area (TPSA) is 55.7 Å². The van der Waals surface area contributed by atoms with Crippen LogP contribution in [-0.2, 0) is 6.42 Å². The predicted octanol–water partition coefficient (Wildman–Crippen LogP) is 2.06. The van der Waals surface area contributed by atoms with Gasteiger partial charge < -0.3 is 19.8 Å². The van der Waals surface area contributed by atoms with E-state index in [9.17, 15) is 0 Å². The van der Waals surface area contributed by atoms with Crippen LogP contribution in [0.1, 0.15) is 18.5 Å². The van der Waals surface area contributed by atoms with Crippen molar-refractivity contribution in [1.29, 1.82) is 0 Å². The van der Waals surface area contributed by atoms with Crippen molar-refractivity contribution < 1.29 is 5.11 Å². The highest BCUT2D eigenvalue weighted by molar-refractivity contribution is 5.68. The molecule has 0 aliphatic carbocycles. The Labute approximate surface area is 155 Å². The Morgan fingerprint density at radius 2 is 1.92 bits per heavy atom. The summed E-state index contributed by atoms with van der Waals surface area (Å²) in [6.07, 6.45) is 5.14. The van der Waals surface area contributed by atoms with Crippen LogP contribution >= 0.6 is 0 Å². The van der Waals surface area contributed by atoms with Crippen molar-refractivity contribution in [3.8, 4) is 0 Å². The van der Waals surface area contributed by atoms with E-state index in [1.165, 1.54) is 5.69 Å². The Balaban J connectivity index is 1.44. The van der Waals surface area contributed by atoms with Gasteiger partial charge in [-0.1, -0.05) is 18.2 Å². The Morgan fingerprint density at radius 3 is 2.65 bits per heavy atom. The molecular weight excluding hydrogens is 326 g/mol. The average Bonchev–Trinajstić information content (AvgIpc) is 3.12. The lowest BCUT2D eigenvalue weighted by molar-refractivity contribution is 0.161. The zero-order valence-corrected chi connectivity index (χ0v) is 15.4. The molecule has 0 radical (unpaired) electrons. The molecule has 1 N–H and O–H groups in total. The van der Waals surface area contributed by atoms with Gasteiger partial charge in [0.2, 0.25) is 5.95 Å². The van der Waals surface area contributed by atoms with Crippen LogP contribution in [0.5, 0.6) is 0 Å². The summed E-state index contributed by atoms with van der Waals surface area (Å²) >= 11 is 0. The standard InChI is InChI=1S/C20H27N5O/c1-23(13-14-26)16-7-10-24(11-8-16)20-21-15-19-18(22-20)9-12-25(19)17-5-3-2-4-6-17/h2-6,15-16,26H,7-14H2,1H3. The van der Waals surface area contributed by atoms with Gasteiger partial charge in [0.25, 0.3) is 0 Å². The molecule has 0 amide bonds. The summed E-state index contributed by atoms with van der Waals surface area (Å²) < 4.78 is 0. The molecule has 6 heteroatoms. The van der Waals surface area contributed by atoms with Crippen LogP contribution in [0.4, 0.5) is 17.3 Å². The number of fused-ring (bicyclic) bond motifs is 1. The van der Waals surface area contributed by atoms with Crippen LogP contribution in [0.2, 0.25) is 0 Å². The van der Waals surface area contributed by atoms with E-state index in [0.717, 1.165) is 62.8 Å². The van der Waals surface area contributed by atoms with Gasteiger partial charge in [0.15, 0.2) is 0 Å². The maximum atomic E-state index is 9.11. The van der Waals surface area contributed by atoms with Crippen LogP contribution < -0.4 is 9.80 Å². The van der Waals surface area contributed by atoms with Crippen molar-refractivity contribution in [1.82, 2.24) is 14.9 Å². The van der Waals surface area contributed by atoms with Crippen LogP contribution in [0.25, 0.3) is 0 Å². The monoisotopic (exact) mass is 353 g/mol. The number of likely N-dealkylation sites (N-methyl/N-ethyl adjacent to an activating group) is 1. The number of hydrogen-bond acceptors (Lipinski definition) is 6. The minimum atomic E-state index is 0.225. The molecule has 0 spiro atoms. The van der Waals surface area contributed by atoms with Crippen LogP contribution in [0.3, 0.4) is 0 Å². The minimum Gasteiger partial charge on any atom is -0.395 e. The Kier molecular flexibility index (Phi) is 5.04. The number of benzene rings is 1. The molecule has 3 heterocycles. The SMILES string of the molecule is CN(CCO)C1CCN(c2ncc3c(n2)CCN3c2ccccc2)CC1. The van der Waals surface area contributed by atoms with Gasteiger partial charge in [0, 0.05) is 44.3 Å². The lowest BCUT2D eigenvalue weighted by Gasteiger charge is -2.36. The number of rotatable bonds is 5. The molecule has 26 heavy (non-hydrogen) atoms. The highest BCUT2D eigenvalue weighted by Crippen LogP contribution is 2.33. The number of para-hydroxylation sites is 1. The summed E-state index contributed by atoms with van der Waals surface area (Å²) in [5.74, 6) is 0.863. The summed E-state index contributed by atoms with van der Waals surface area (Å²) in [7, 11) is 2.10.